The van der Waals surface area contributed by atoms with Crippen molar-refractivity contribution in [3.8, 4) is 0 Å². The van der Waals surface area contributed by atoms with Gasteiger partial charge < -0.3 is 45.1 Å². The van der Waals surface area contributed by atoms with E-state index >= 15 is 0 Å². The number of allylic oxidation sites excluding steroid dienone is 11. The first-order valence-electron chi connectivity index (χ1n) is 32.2. The van der Waals surface area contributed by atoms with Gasteiger partial charge in [0.2, 0.25) is 5.91 Å². The third-order valence-electron chi connectivity index (χ3n) is 14.8. The molecule has 1 heterocycles. The van der Waals surface area contributed by atoms with Crippen molar-refractivity contribution < 1.29 is 49.3 Å². The molecule has 11 nitrogen and oxygen atoms in total. The highest BCUT2D eigenvalue weighted by molar-refractivity contribution is 5.80. The molecule has 1 fully saturated rings. The lowest BCUT2D eigenvalue weighted by Gasteiger charge is -2.41. The van der Waals surface area contributed by atoms with Crippen molar-refractivity contribution in [2.24, 2.45) is 0 Å². The molecule has 0 aromatic rings. The first kappa shape index (κ1) is 73.1. The number of hydrogen-bond donors (Lipinski definition) is 6. The Kier molecular flexibility index (Phi) is 51.3. The zero-order chi connectivity index (χ0) is 56.8. The Balaban J connectivity index is 2.57. The van der Waals surface area contributed by atoms with Crippen molar-refractivity contribution in [3.63, 3.8) is 0 Å². The van der Waals surface area contributed by atoms with Crippen molar-refractivity contribution >= 4 is 11.9 Å². The Morgan fingerprint density at radius 3 is 1.41 bits per heavy atom. The Morgan fingerprint density at radius 2 is 0.923 bits per heavy atom. The molecule has 6 N–H and O–H groups in total. The fourth-order valence-electron chi connectivity index (χ4n) is 9.76. The van der Waals surface area contributed by atoms with Crippen LogP contribution < -0.4 is 5.32 Å². The third kappa shape index (κ3) is 42.0. The molecule has 0 saturated carbocycles. The number of carbonyl (C=O) groups is 2. The summed E-state index contributed by atoms with van der Waals surface area (Å²) >= 11 is 0. The molecule has 1 aliphatic rings. The van der Waals surface area contributed by atoms with Gasteiger partial charge in [0, 0.05) is 6.42 Å². The summed E-state index contributed by atoms with van der Waals surface area (Å²) < 4.78 is 17.6. The molecule has 1 amide bonds. The number of esters is 1. The Labute approximate surface area is 477 Å². The average Bonchev–Trinajstić information content (AvgIpc) is 3.44. The molecule has 0 aliphatic carbocycles. The number of rotatable bonds is 54. The standard InChI is InChI=1S/C67H119NO10/c1-4-7-10-13-16-19-22-24-25-26-27-28-29-30-31-32-33-34-35-37-40-43-46-49-52-55-62(72)78-65-64(74)63(73)61(56-69)77-67(65)76-57-58(59(70)53-50-47-44-41-38-21-18-15-12-9-6-3)68-66(75)60(71)54-51-48-45-42-39-36-23-20-17-14-11-8-5-2/h8,11,16-17,19-20,24-25,36,39,50,53,58-61,63-65,67,69-71,73-74H,4-7,9-10,12-15,18,21-23,26-35,37-38,40-49,51-52,54-57H2,1-3H3,(H,68,75)/b11-8+,19-16-,20-17+,25-24-,39-36+,53-50+. The maximum atomic E-state index is 13.4. The molecule has 0 bridgehead atoms. The van der Waals surface area contributed by atoms with Gasteiger partial charge in [0.1, 0.15) is 24.4 Å². The van der Waals surface area contributed by atoms with Crippen LogP contribution in [0.1, 0.15) is 278 Å². The quantitative estimate of drug-likeness (QED) is 0.0195. The minimum atomic E-state index is -1.62. The molecule has 1 saturated heterocycles. The SMILES string of the molecule is CC/C=C/C/C=C/C/C=C/CCCCCC(O)C(=O)NC(COC1OC(CO)C(O)C(O)C1OC(=O)CCCCCCCCCCCCCCCCC/C=C\C/C=C\CCCCC)C(O)/C=C/CCCCCCCCCCC. The second-order valence-corrected chi connectivity index (χ2v) is 22.1. The summed E-state index contributed by atoms with van der Waals surface area (Å²) in [4.78, 5) is 26.5. The van der Waals surface area contributed by atoms with Gasteiger partial charge in [0.15, 0.2) is 12.4 Å². The van der Waals surface area contributed by atoms with Crippen LogP contribution in [0.3, 0.4) is 0 Å². The van der Waals surface area contributed by atoms with E-state index in [0.29, 0.717) is 12.8 Å². The highest BCUT2D eigenvalue weighted by Gasteiger charge is 2.47. The fraction of sp³-hybridized carbons (Fsp3) is 0.791. The topological polar surface area (TPSA) is 175 Å². The van der Waals surface area contributed by atoms with Crippen molar-refractivity contribution in [2.75, 3.05) is 13.2 Å². The molecule has 78 heavy (non-hydrogen) atoms. The summed E-state index contributed by atoms with van der Waals surface area (Å²) in [5.41, 5.74) is 0. The molecule has 1 aliphatic heterocycles. The van der Waals surface area contributed by atoms with E-state index in [1.807, 2.05) is 6.08 Å². The van der Waals surface area contributed by atoms with E-state index in [4.69, 9.17) is 14.2 Å². The molecular weight excluding hydrogens is 979 g/mol. The molecule has 0 radical (unpaired) electrons. The normalized spacial score (nSPS) is 19.4. The highest BCUT2D eigenvalue weighted by atomic mass is 16.7. The van der Waals surface area contributed by atoms with Gasteiger partial charge in [-0.3, -0.25) is 9.59 Å². The van der Waals surface area contributed by atoms with Crippen LogP contribution in [-0.4, -0.2) is 99.6 Å². The van der Waals surface area contributed by atoms with Gasteiger partial charge in [-0.05, 0) is 89.9 Å². The first-order chi connectivity index (χ1) is 38.2. The lowest BCUT2D eigenvalue weighted by atomic mass is 9.99. The number of ether oxygens (including phenoxy) is 3. The summed E-state index contributed by atoms with van der Waals surface area (Å²) in [6.45, 7) is 5.63. The highest BCUT2D eigenvalue weighted by Crippen LogP contribution is 2.26. The lowest BCUT2D eigenvalue weighted by Crippen LogP contribution is -2.61. The Bertz CT molecular complexity index is 1540. The molecule has 0 spiro atoms. The van der Waals surface area contributed by atoms with E-state index in [9.17, 15) is 35.1 Å². The maximum absolute atomic E-state index is 13.4. The Morgan fingerprint density at radius 1 is 0.513 bits per heavy atom. The van der Waals surface area contributed by atoms with Crippen LogP contribution in [-0.2, 0) is 23.8 Å². The molecule has 0 aromatic heterocycles. The summed E-state index contributed by atoms with van der Waals surface area (Å²) in [6, 6.07) is -1.04. The van der Waals surface area contributed by atoms with E-state index in [1.54, 1.807) is 6.08 Å². The predicted molar refractivity (Wildman–Crippen MR) is 324 cm³/mol. The van der Waals surface area contributed by atoms with E-state index in [1.165, 1.54) is 148 Å². The first-order valence-corrected chi connectivity index (χ1v) is 32.2. The lowest BCUT2D eigenvalue weighted by molar-refractivity contribution is -0.305. The molecule has 11 heteroatoms. The third-order valence-corrected chi connectivity index (χ3v) is 14.8. The summed E-state index contributed by atoms with van der Waals surface area (Å²) in [6.07, 6.45) is 59.6. The predicted octanol–water partition coefficient (Wildman–Crippen LogP) is 15.6. The van der Waals surface area contributed by atoms with Crippen LogP contribution in [0.2, 0.25) is 0 Å². The average molecular weight is 1100 g/mol. The van der Waals surface area contributed by atoms with Gasteiger partial charge in [0.05, 0.1) is 25.4 Å². The molecule has 1 rings (SSSR count). The fourth-order valence-corrected chi connectivity index (χ4v) is 9.76. The summed E-state index contributed by atoms with van der Waals surface area (Å²) in [7, 11) is 0. The van der Waals surface area contributed by atoms with Crippen LogP contribution in [0.25, 0.3) is 0 Å². The summed E-state index contributed by atoms with van der Waals surface area (Å²) in [5.74, 6) is -1.22. The van der Waals surface area contributed by atoms with Gasteiger partial charge in [-0.15, -0.1) is 0 Å². The minimum absolute atomic E-state index is 0.119. The van der Waals surface area contributed by atoms with E-state index in [-0.39, 0.29) is 19.4 Å². The molecule has 8 unspecified atom stereocenters. The van der Waals surface area contributed by atoms with Crippen molar-refractivity contribution in [2.45, 2.75) is 327 Å². The van der Waals surface area contributed by atoms with Gasteiger partial charge in [-0.25, -0.2) is 0 Å². The number of hydrogen-bond acceptors (Lipinski definition) is 10. The number of amides is 1. The zero-order valence-electron chi connectivity index (χ0n) is 50.0. The van der Waals surface area contributed by atoms with Gasteiger partial charge in [-0.1, -0.05) is 254 Å². The molecule has 8 atom stereocenters. The van der Waals surface area contributed by atoms with Gasteiger partial charge in [-0.2, -0.15) is 0 Å². The monoisotopic (exact) mass is 1100 g/mol. The number of carbonyl (C=O) groups excluding carboxylic acids is 2. The van der Waals surface area contributed by atoms with Crippen molar-refractivity contribution in [1.29, 1.82) is 0 Å². The molecular formula is C67H119NO10. The van der Waals surface area contributed by atoms with Crippen LogP contribution in [0.5, 0.6) is 0 Å². The second kappa shape index (κ2) is 54.7. The van der Waals surface area contributed by atoms with Gasteiger partial charge in [0.25, 0.3) is 0 Å². The smallest absolute Gasteiger partial charge is 0.306 e. The Hall–Kier alpha value is -2.90. The van der Waals surface area contributed by atoms with E-state index in [0.717, 1.165) is 83.5 Å². The molecule has 452 valence electrons. The van der Waals surface area contributed by atoms with E-state index < -0.39 is 67.4 Å². The zero-order valence-corrected chi connectivity index (χ0v) is 50.0. The van der Waals surface area contributed by atoms with Crippen molar-refractivity contribution in [1.82, 2.24) is 5.32 Å². The number of aliphatic hydroxyl groups excluding tert-OH is 5. The largest absolute Gasteiger partial charge is 0.454 e. The minimum Gasteiger partial charge on any atom is -0.454 e. The van der Waals surface area contributed by atoms with Crippen LogP contribution in [0.15, 0.2) is 72.9 Å². The van der Waals surface area contributed by atoms with Crippen LogP contribution >= 0.6 is 0 Å². The van der Waals surface area contributed by atoms with Gasteiger partial charge >= 0.3 is 5.97 Å². The second-order valence-electron chi connectivity index (χ2n) is 22.1. The molecule has 0 aromatic carbocycles. The van der Waals surface area contributed by atoms with Crippen LogP contribution in [0.4, 0.5) is 0 Å². The number of unbranched alkanes of at least 4 members (excludes halogenated alkanes) is 30. The summed E-state index contributed by atoms with van der Waals surface area (Å²) in [5, 5.41) is 56.9. The maximum Gasteiger partial charge on any atom is 0.306 e. The van der Waals surface area contributed by atoms with Crippen LogP contribution in [0, 0.1) is 0 Å². The van der Waals surface area contributed by atoms with E-state index in [2.05, 4.69) is 86.8 Å². The van der Waals surface area contributed by atoms with Crippen molar-refractivity contribution in [3.05, 3.63) is 72.9 Å². The number of nitrogens with one attached hydrogen (secondary N) is 1. The number of aliphatic hydroxyl groups is 5.